The van der Waals surface area contributed by atoms with Gasteiger partial charge in [0.1, 0.15) is 5.75 Å². The third kappa shape index (κ3) is 4.62. The van der Waals surface area contributed by atoms with Crippen LogP contribution in [-0.2, 0) is 4.79 Å². The summed E-state index contributed by atoms with van der Waals surface area (Å²) in [5, 5.41) is 13.4. The van der Waals surface area contributed by atoms with E-state index in [0.29, 0.717) is 11.4 Å². The van der Waals surface area contributed by atoms with Gasteiger partial charge < -0.3 is 20.5 Å². The Bertz CT molecular complexity index is 451. The van der Waals surface area contributed by atoms with Gasteiger partial charge in [0, 0.05) is 11.0 Å². The number of nitrogens with one attached hydrogen (secondary N) is 2. The highest BCUT2D eigenvalue weighted by atomic mass is 79.9. The number of rotatable bonds is 5. The first-order valence-corrected chi connectivity index (χ1v) is 5.92. The van der Waals surface area contributed by atoms with Gasteiger partial charge in [0.25, 0.3) is 0 Å². The molecule has 0 saturated carbocycles. The molecule has 0 atom stereocenters. The Balaban J connectivity index is 2.58. The lowest BCUT2D eigenvalue weighted by molar-refractivity contribution is -0.136. The zero-order chi connectivity index (χ0) is 13.5. The zero-order valence-electron chi connectivity index (χ0n) is 9.70. The van der Waals surface area contributed by atoms with Crippen LogP contribution in [0.25, 0.3) is 0 Å². The lowest BCUT2D eigenvalue weighted by Gasteiger charge is -2.11. The Morgan fingerprint density at radius 1 is 1.44 bits per heavy atom. The van der Waals surface area contributed by atoms with Crippen LogP contribution in [0.3, 0.4) is 0 Å². The second kappa shape index (κ2) is 6.85. The van der Waals surface area contributed by atoms with Gasteiger partial charge >= 0.3 is 12.0 Å². The van der Waals surface area contributed by atoms with E-state index in [1.165, 1.54) is 7.11 Å². The van der Waals surface area contributed by atoms with E-state index in [0.717, 1.165) is 4.47 Å². The monoisotopic (exact) mass is 316 g/mol. The molecule has 0 aromatic heterocycles. The average molecular weight is 317 g/mol. The van der Waals surface area contributed by atoms with E-state index in [1.807, 2.05) is 0 Å². The van der Waals surface area contributed by atoms with E-state index in [9.17, 15) is 9.59 Å². The number of amides is 2. The molecule has 0 aliphatic rings. The molecule has 6 nitrogen and oxygen atoms in total. The summed E-state index contributed by atoms with van der Waals surface area (Å²) in [6.45, 7) is 0.0669. The van der Waals surface area contributed by atoms with Gasteiger partial charge in [0.15, 0.2) is 0 Å². The molecule has 0 radical (unpaired) electrons. The van der Waals surface area contributed by atoms with E-state index in [2.05, 4.69) is 26.6 Å². The van der Waals surface area contributed by atoms with E-state index in [-0.39, 0.29) is 13.0 Å². The summed E-state index contributed by atoms with van der Waals surface area (Å²) < 4.78 is 5.88. The van der Waals surface area contributed by atoms with Crippen molar-refractivity contribution < 1.29 is 19.4 Å². The number of hydrogen-bond acceptors (Lipinski definition) is 3. The van der Waals surface area contributed by atoms with Crippen LogP contribution in [-0.4, -0.2) is 30.8 Å². The molecule has 0 aliphatic carbocycles. The van der Waals surface area contributed by atoms with Gasteiger partial charge in [-0.15, -0.1) is 0 Å². The quantitative estimate of drug-likeness (QED) is 0.775. The smallest absolute Gasteiger partial charge is 0.319 e. The maximum atomic E-state index is 11.5. The molecule has 1 aromatic rings. The zero-order valence-corrected chi connectivity index (χ0v) is 11.3. The second-order valence-electron chi connectivity index (χ2n) is 3.37. The summed E-state index contributed by atoms with van der Waals surface area (Å²) in [5.74, 6) is -0.443. The molecule has 1 aromatic carbocycles. The van der Waals surface area contributed by atoms with Crippen LogP contribution in [0.1, 0.15) is 6.42 Å². The SMILES string of the molecule is COc1ccc(Br)cc1NC(=O)NCCC(=O)O. The minimum absolute atomic E-state index is 0.0669. The van der Waals surface area contributed by atoms with Gasteiger partial charge in [-0.3, -0.25) is 4.79 Å². The molecule has 3 N–H and O–H groups in total. The Morgan fingerprint density at radius 2 is 2.17 bits per heavy atom. The van der Waals surface area contributed by atoms with Crippen LogP contribution in [0.5, 0.6) is 5.75 Å². The van der Waals surface area contributed by atoms with E-state index in [4.69, 9.17) is 9.84 Å². The number of benzene rings is 1. The number of urea groups is 1. The highest BCUT2D eigenvalue weighted by Gasteiger charge is 2.08. The van der Waals surface area contributed by atoms with Crippen molar-refractivity contribution in [1.82, 2.24) is 5.32 Å². The maximum absolute atomic E-state index is 11.5. The summed E-state index contributed by atoms with van der Waals surface area (Å²) in [4.78, 5) is 21.8. The van der Waals surface area contributed by atoms with E-state index < -0.39 is 12.0 Å². The number of ether oxygens (including phenoxy) is 1. The molecule has 18 heavy (non-hydrogen) atoms. The van der Waals surface area contributed by atoms with Crippen molar-refractivity contribution in [2.24, 2.45) is 0 Å². The van der Waals surface area contributed by atoms with Crippen molar-refractivity contribution in [3.63, 3.8) is 0 Å². The highest BCUT2D eigenvalue weighted by Crippen LogP contribution is 2.27. The number of hydrogen-bond donors (Lipinski definition) is 3. The van der Waals surface area contributed by atoms with E-state index in [1.54, 1.807) is 18.2 Å². The number of aliphatic carboxylic acids is 1. The first-order chi connectivity index (χ1) is 8.52. The maximum Gasteiger partial charge on any atom is 0.319 e. The Morgan fingerprint density at radius 3 is 2.78 bits per heavy atom. The van der Waals surface area contributed by atoms with Gasteiger partial charge in [-0.05, 0) is 18.2 Å². The van der Waals surface area contributed by atoms with Crippen molar-refractivity contribution in [1.29, 1.82) is 0 Å². The molecular weight excluding hydrogens is 304 g/mol. The fraction of sp³-hybridized carbons (Fsp3) is 0.273. The van der Waals surface area contributed by atoms with Gasteiger partial charge in [0.2, 0.25) is 0 Å². The molecule has 98 valence electrons. The Kier molecular flexibility index (Phi) is 5.44. The predicted molar refractivity (Wildman–Crippen MR) is 70.0 cm³/mol. The lowest BCUT2D eigenvalue weighted by Crippen LogP contribution is -2.30. The van der Waals surface area contributed by atoms with Gasteiger partial charge in [-0.2, -0.15) is 0 Å². The number of carbonyl (C=O) groups is 2. The molecular formula is C11H13BrN2O4. The van der Waals surface area contributed by atoms with Crippen LogP contribution >= 0.6 is 15.9 Å². The topological polar surface area (TPSA) is 87.7 Å². The molecule has 0 bridgehead atoms. The first kappa shape index (κ1) is 14.3. The fourth-order valence-electron chi connectivity index (χ4n) is 1.23. The van der Waals surface area contributed by atoms with Crippen LogP contribution < -0.4 is 15.4 Å². The lowest BCUT2D eigenvalue weighted by atomic mass is 10.3. The van der Waals surface area contributed by atoms with Crippen molar-refractivity contribution >= 4 is 33.6 Å². The standard InChI is InChI=1S/C11H13BrN2O4/c1-18-9-3-2-7(12)6-8(9)14-11(17)13-5-4-10(15)16/h2-3,6H,4-5H2,1H3,(H,15,16)(H2,13,14,17). The van der Waals surface area contributed by atoms with Crippen molar-refractivity contribution in [2.45, 2.75) is 6.42 Å². The van der Waals surface area contributed by atoms with Crippen LogP contribution in [0.2, 0.25) is 0 Å². The molecule has 7 heteroatoms. The summed E-state index contributed by atoms with van der Waals surface area (Å²) >= 11 is 3.28. The predicted octanol–water partition coefficient (Wildman–Crippen LogP) is 2.05. The summed E-state index contributed by atoms with van der Waals surface area (Å²) in [7, 11) is 1.50. The molecule has 0 unspecified atom stereocenters. The second-order valence-corrected chi connectivity index (χ2v) is 4.28. The van der Waals surface area contributed by atoms with E-state index >= 15 is 0 Å². The molecule has 1 rings (SSSR count). The number of methoxy groups -OCH3 is 1. The summed E-state index contributed by atoms with van der Waals surface area (Å²) in [6.07, 6.45) is -0.122. The Labute approximate surface area is 112 Å². The van der Waals surface area contributed by atoms with Crippen LogP contribution in [0.15, 0.2) is 22.7 Å². The number of anilines is 1. The van der Waals surface area contributed by atoms with Crippen LogP contribution in [0, 0.1) is 0 Å². The third-order valence-electron chi connectivity index (χ3n) is 2.03. The van der Waals surface area contributed by atoms with Crippen molar-refractivity contribution in [2.75, 3.05) is 19.0 Å². The third-order valence-corrected chi connectivity index (χ3v) is 2.53. The van der Waals surface area contributed by atoms with Crippen LogP contribution in [0.4, 0.5) is 10.5 Å². The highest BCUT2D eigenvalue weighted by molar-refractivity contribution is 9.10. The molecule has 0 aliphatic heterocycles. The number of carboxylic acids is 1. The van der Waals surface area contributed by atoms with Gasteiger partial charge in [-0.1, -0.05) is 15.9 Å². The first-order valence-electron chi connectivity index (χ1n) is 5.13. The van der Waals surface area contributed by atoms with Gasteiger partial charge in [-0.25, -0.2) is 4.79 Å². The fourth-order valence-corrected chi connectivity index (χ4v) is 1.59. The summed E-state index contributed by atoms with van der Waals surface area (Å²) in [5.41, 5.74) is 0.500. The largest absolute Gasteiger partial charge is 0.495 e. The molecule has 0 saturated heterocycles. The molecule has 0 spiro atoms. The normalized spacial score (nSPS) is 9.67. The number of halogens is 1. The minimum Gasteiger partial charge on any atom is -0.495 e. The molecule has 0 heterocycles. The van der Waals surface area contributed by atoms with Crippen molar-refractivity contribution in [3.8, 4) is 5.75 Å². The number of carbonyl (C=O) groups excluding carboxylic acids is 1. The van der Waals surface area contributed by atoms with Crippen molar-refractivity contribution in [3.05, 3.63) is 22.7 Å². The molecule has 0 fully saturated rings. The van der Waals surface area contributed by atoms with Gasteiger partial charge in [0.05, 0.1) is 19.2 Å². The minimum atomic E-state index is -0.963. The number of carboxylic acid groups (broad SMARTS) is 1. The average Bonchev–Trinajstić information content (AvgIpc) is 2.28. The summed E-state index contributed by atoms with van der Waals surface area (Å²) in [6, 6.07) is 4.70. The molecule has 2 amide bonds. The Hall–Kier alpha value is -1.76.